The molecule has 152 valence electrons. The second-order valence-electron chi connectivity index (χ2n) is 9.65. The Kier molecular flexibility index (Phi) is 4.83. The molecule has 4 heterocycles. The fourth-order valence-electron chi connectivity index (χ4n) is 5.14. The molecule has 0 radical (unpaired) electrons. The Balaban J connectivity index is 1.47. The normalized spacial score (nSPS) is 24.4. The zero-order valence-electron chi connectivity index (χ0n) is 17.6. The van der Waals surface area contributed by atoms with Gasteiger partial charge in [0.15, 0.2) is 0 Å². The van der Waals surface area contributed by atoms with Crippen molar-refractivity contribution >= 4 is 27.4 Å². The number of benzene rings is 1. The summed E-state index contributed by atoms with van der Waals surface area (Å²) in [5.41, 5.74) is 2.72. The van der Waals surface area contributed by atoms with Gasteiger partial charge in [-0.1, -0.05) is 30.3 Å². The number of piperidine rings is 1. The fourth-order valence-corrected chi connectivity index (χ4v) is 6.05. The number of hydrogen-bond donors (Lipinski definition) is 1. The summed E-state index contributed by atoms with van der Waals surface area (Å²) in [6, 6.07) is 11.9. The van der Waals surface area contributed by atoms with E-state index in [0.29, 0.717) is 12.1 Å². The van der Waals surface area contributed by atoms with Crippen molar-refractivity contribution < 1.29 is 0 Å². The molecule has 2 unspecified atom stereocenters. The average Bonchev–Trinajstić information content (AvgIpc) is 3.25. The van der Waals surface area contributed by atoms with Gasteiger partial charge in [-0.2, -0.15) is 0 Å². The van der Waals surface area contributed by atoms with Crippen molar-refractivity contribution in [1.82, 2.24) is 15.3 Å². The van der Waals surface area contributed by atoms with E-state index in [1.807, 2.05) is 0 Å². The highest BCUT2D eigenvalue weighted by molar-refractivity contribution is 7.17. The zero-order chi connectivity index (χ0) is 20.0. The summed E-state index contributed by atoms with van der Waals surface area (Å²) < 4.78 is 0. The van der Waals surface area contributed by atoms with E-state index in [1.165, 1.54) is 42.2 Å². The van der Waals surface area contributed by atoms with Gasteiger partial charge in [-0.25, -0.2) is 9.97 Å². The van der Waals surface area contributed by atoms with Crippen molar-refractivity contribution in [2.75, 3.05) is 11.4 Å². The molecule has 2 bridgehead atoms. The standard InChI is InChI=1S/C24H30N4S/c1-24(2,3)27-13-16-11-18-9-10-19(12-16)28(18)22-21-20(17-7-5-4-6-8-17)14-29-23(21)26-15-25-22/h4-8,14-16,18-19,27H,9-13H2,1-3H3. The van der Waals surface area contributed by atoms with Gasteiger partial charge in [-0.15, -0.1) is 11.3 Å². The van der Waals surface area contributed by atoms with Crippen LogP contribution in [0.15, 0.2) is 42.0 Å². The Morgan fingerprint density at radius 1 is 1.07 bits per heavy atom. The molecule has 0 aliphatic carbocycles. The van der Waals surface area contributed by atoms with Crippen molar-refractivity contribution in [3.63, 3.8) is 0 Å². The third-order valence-electron chi connectivity index (χ3n) is 6.43. The molecule has 29 heavy (non-hydrogen) atoms. The lowest BCUT2D eigenvalue weighted by molar-refractivity contribution is 0.293. The second kappa shape index (κ2) is 7.37. The van der Waals surface area contributed by atoms with E-state index in [2.05, 4.69) is 71.7 Å². The molecule has 5 heteroatoms. The molecule has 3 aromatic rings. The minimum Gasteiger partial charge on any atom is -0.350 e. The maximum atomic E-state index is 4.85. The van der Waals surface area contributed by atoms with Gasteiger partial charge in [-0.3, -0.25) is 0 Å². The Bertz CT molecular complexity index is 977. The number of anilines is 1. The van der Waals surface area contributed by atoms with Crippen LogP contribution < -0.4 is 10.2 Å². The Labute approximate surface area is 177 Å². The molecule has 2 saturated heterocycles. The third kappa shape index (κ3) is 3.66. The van der Waals surface area contributed by atoms with Crippen LogP contribution in [0.25, 0.3) is 21.3 Å². The lowest BCUT2D eigenvalue weighted by Gasteiger charge is -2.41. The lowest BCUT2D eigenvalue weighted by Crippen LogP contribution is -2.47. The minimum atomic E-state index is 0.191. The number of rotatable bonds is 4. The van der Waals surface area contributed by atoms with E-state index in [1.54, 1.807) is 17.7 Å². The summed E-state index contributed by atoms with van der Waals surface area (Å²) >= 11 is 1.73. The fraction of sp³-hybridized carbons (Fsp3) is 0.500. The lowest BCUT2D eigenvalue weighted by atomic mass is 9.89. The molecule has 2 fully saturated rings. The highest BCUT2D eigenvalue weighted by Gasteiger charge is 2.42. The first-order valence-corrected chi connectivity index (χ1v) is 11.7. The van der Waals surface area contributed by atoms with Crippen LogP contribution in [0.3, 0.4) is 0 Å². The minimum absolute atomic E-state index is 0.191. The van der Waals surface area contributed by atoms with Gasteiger partial charge in [-0.05, 0) is 64.5 Å². The predicted octanol–water partition coefficient (Wildman–Crippen LogP) is 5.49. The average molecular weight is 407 g/mol. The van der Waals surface area contributed by atoms with E-state index in [-0.39, 0.29) is 5.54 Å². The van der Waals surface area contributed by atoms with Crippen molar-refractivity contribution in [2.45, 2.75) is 64.1 Å². The molecule has 5 rings (SSSR count). The summed E-state index contributed by atoms with van der Waals surface area (Å²) in [7, 11) is 0. The monoisotopic (exact) mass is 406 g/mol. The smallest absolute Gasteiger partial charge is 0.141 e. The van der Waals surface area contributed by atoms with Crippen LogP contribution in [-0.4, -0.2) is 34.1 Å². The number of fused-ring (bicyclic) bond motifs is 3. The van der Waals surface area contributed by atoms with E-state index >= 15 is 0 Å². The van der Waals surface area contributed by atoms with Gasteiger partial charge in [0.25, 0.3) is 0 Å². The summed E-state index contributed by atoms with van der Waals surface area (Å²) in [5, 5.41) is 7.22. The van der Waals surface area contributed by atoms with Crippen molar-refractivity contribution in [1.29, 1.82) is 0 Å². The first-order chi connectivity index (χ1) is 14.0. The summed E-state index contributed by atoms with van der Waals surface area (Å²) in [6.45, 7) is 7.90. The number of thiophene rings is 1. The van der Waals surface area contributed by atoms with Crippen LogP contribution in [0, 0.1) is 5.92 Å². The molecule has 2 aliphatic heterocycles. The molecule has 0 spiro atoms. The third-order valence-corrected chi connectivity index (χ3v) is 7.32. The van der Waals surface area contributed by atoms with Gasteiger partial charge < -0.3 is 10.2 Å². The molecule has 0 saturated carbocycles. The van der Waals surface area contributed by atoms with Gasteiger partial charge in [0.1, 0.15) is 17.0 Å². The SMILES string of the molecule is CC(C)(C)NCC1CC2CCC(C1)N2c1ncnc2scc(-c3ccccc3)c12. The predicted molar refractivity (Wildman–Crippen MR) is 123 cm³/mol. The molecule has 1 N–H and O–H groups in total. The maximum absolute atomic E-state index is 4.85. The van der Waals surface area contributed by atoms with E-state index < -0.39 is 0 Å². The van der Waals surface area contributed by atoms with Gasteiger partial charge >= 0.3 is 0 Å². The maximum Gasteiger partial charge on any atom is 0.141 e. The van der Waals surface area contributed by atoms with Gasteiger partial charge in [0.2, 0.25) is 0 Å². The molecule has 2 aromatic heterocycles. The second-order valence-corrected chi connectivity index (χ2v) is 10.5. The molecule has 1 aromatic carbocycles. The molecule has 2 aliphatic rings. The molecular weight excluding hydrogens is 376 g/mol. The van der Waals surface area contributed by atoms with Crippen LogP contribution >= 0.6 is 11.3 Å². The zero-order valence-corrected chi connectivity index (χ0v) is 18.4. The molecule has 0 amide bonds. The number of nitrogens with one attached hydrogen (secondary N) is 1. The Morgan fingerprint density at radius 2 is 1.79 bits per heavy atom. The Hall–Kier alpha value is -1.98. The van der Waals surface area contributed by atoms with Gasteiger partial charge in [0.05, 0.1) is 5.39 Å². The largest absolute Gasteiger partial charge is 0.350 e. The molecule has 4 nitrogen and oxygen atoms in total. The van der Waals surface area contributed by atoms with Gasteiger partial charge in [0, 0.05) is 28.6 Å². The van der Waals surface area contributed by atoms with Crippen LogP contribution in [0.1, 0.15) is 46.5 Å². The van der Waals surface area contributed by atoms with Crippen LogP contribution in [0.5, 0.6) is 0 Å². The highest BCUT2D eigenvalue weighted by atomic mass is 32.1. The Morgan fingerprint density at radius 3 is 2.48 bits per heavy atom. The summed E-state index contributed by atoms with van der Waals surface area (Å²) in [5.74, 6) is 1.92. The summed E-state index contributed by atoms with van der Waals surface area (Å²) in [6.07, 6.45) is 6.85. The van der Waals surface area contributed by atoms with E-state index in [0.717, 1.165) is 23.1 Å². The quantitative estimate of drug-likeness (QED) is 0.622. The van der Waals surface area contributed by atoms with Crippen molar-refractivity contribution in [2.24, 2.45) is 5.92 Å². The first kappa shape index (κ1) is 19.0. The number of nitrogens with zero attached hydrogens (tertiary/aromatic N) is 3. The topological polar surface area (TPSA) is 41.0 Å². The highest BCUT2D eigenvalue weighted by Crippen LogP contribution is 2.45. The van der Waals surface area contributed by atoms with Crippen LogP contribution in [-0.2, 0) is 0 Å². The van der Waals surface area contributed by atoms with E-state index in [9.17, 15) is 0 Å². The van der Waals surface area contributed by atoms with Crippen LogP contribution in [0.4, 0.5) is 5.82 Å². The summed E-state index contributed by atoms with van der Waals surface area (Å²) in [4.78, 5) is 13.2. The van der Waals surface area contributed by atoms with E-state index in [4.69, 9.17) is 4.98 Å². The first-order valence-electron chi connectivity index (χ1n) is 10.8. The van der Waals surface area contributed by atoms with Crippen molar-refractivity contribution in [3.05, 3.63) is 42.0 Å². The molecular formula is C24H30N4S. The number of hydrogen-bond acceptors (Lipinski definition) is 5. The molecule has 2 atom stereocenters. The van der Waals surface area contributed by atoms with Crippen molar-refractivity contribution in [3.8, 4) is 11.1 Å². The number of aromatic nitrogens is 2. The van der Waals surface area contributed by atoms with Crippen LogP contribution in [0.2, 0.25) is 0 Å².